The first-order valence-electron chi connectivity index (χ1n) is 9.85. The Bertz CT molecular complexity index is 818. The third-order valence-electron chi connectivity index (χ3n) is 5.56. The standard InChI is InChI=1S/C22H27F2N3O2/c1-27(2)16(9-19-20(23)10-17(28)11-21(19)24)13-26-22(29)12-18(14-3-4-14)15-5-7-25-8-6-15/h5-8,10-11,14,16,18,28H,3-4,9,12-13H2,1-2H3,(H,26,29). The van der Waals surface area contributed by atoms with Crippen molar-refractivity contribution in [1.82, 2.24) is 15.2 Å². The number of phenolic OH excluding ortho intramolecular Hbond substituents is 1. The van der Waals surface area contributed by atoms with Crippen LogP contribution < -0.4 is 5.32 Å². The van der Waals surface area contributed by atoms with Crippen LogP contribution in [0.15, 0.2) is 36.7 Å². The average molecular weight is 403 g/mol. The molecule has 1 heterocycles. The second-order valence-corrected chi connectivity index (χ2v) is 7.94. The number of aromatic hydroxyl groups is 1. The van der Waals surface area contributed by atoms with Gasteiger partial charge >= 0.3 is 0 Å². The van der Waals surface area contributed by atoms with Gasteiger partial charge in [-0.1, -0.05) is 0 Å². The molecule has 7 heteroatoms. The highest BCUT2D eigenvalue weighted by Crippen LogP contribution is 2.44. The maximum Gasteiger partial charge on any atom is 0.220 e. The molecule has 2 N–H and O–H groups in total. The molecule has 1 amide bonds. The predicted molar refractivity (Wildman–Crippen MR) is 107 cm³/mol. The summed E-state index contributed by atoms with van der Waals surface area (Å²) in [7, 11) is 3.61. The molecule has 0 bridgehead atoms. The number of hydrogen-bond acceptors (Lipinski definition) is 4. The van der Waals surface area contributed by atoms with Crippen LogP contribution in [0.5, 0.6) is 5.75 Å². The molecule has 0 radical (unpaired) electrons. The molecular weight excluding hydrogens is 376 g/mol. The molecule has 1 fully saturated rings. The van der Waals surface area contributed by atoms with E-state index in [-0.39, 0.29) is 36.4 Å². The van der Waals surface area contributed by atoms with Crippen molar-refractivity contribution in [3.05, 3.63) is 59.4 Å². The van der Waals surface area contributed by atoms with Gasteiger partial charge in [-0.2, -0.15) is 0 Å². The second kappa shape index (κ2) is 9.31. The fourth-order valence-corrected chi connectivity index (χ4v) is 3.63. The lowest BCUT2D eigenvalue weighted by atomic mass is 9.91. The molecule has 0 spiro atoms. The molecule has 2 unspecified atom stereocenters. The molecule has 0 saturated heterocycles. The topological polar surface area (TPSA) is 65.5 Å². The Hall–Kier alpha value is -2.54. The zero-order valence-corrected chi connectivity index (χ0v) is 16.7. The van der Waals surface area contributed by atoms with Crippen LogP contribution in [0, 0.1) is 17.6 Å². The van der Waals surface area contributed by atoms with Gasteiger partial charge in [-0.05, 0) is 62.9 Å². The number of likely N-dealkylation sites (N-methyl/N-ethyl adjacent to an activating group) is 1. The van der Waals surface area contributed by atoms with Gasteiger partial charge in [0.2, 0.25) is 5.91 Å². The third kappa shape index (κ3) is 5.73. The van der Waals surface area contributed by atoms with E-state index in [4.69, 9.17) is 0 Å². The van der Waals surface area contributed by atoms with E-state index < -0.39 is 17.4 Å². The summed E-state index contributed by atoms with van der Waals surface area (Å²) in [6.07, 6.45) is 6.20. The fourth-order valence-electron chi connectivity index (χ4n) is 3.63. The predicted octanol–water partition coefficient (Wildman–Crippen LogP) is 3.24. The van der Waals surface area contributed by atoms with E-state index in [1.54, 1.807) is 26.5 Å². The molecule has 2 atom stereocenters. The summed E-state index contributed by atoms with van der Waals surface area (Å²) in [4.78, 5) is 18.5. The minimum Gasteiger partial charge on any atom is -0.508 e. The van der Waals surface area contributed by atoms with E-state index in [1.807, 2.05) is 17.0 Å². The van der Waals surface area contributed by atoms with Crippen molar-refractivity contribution in [2.75, 3.05) is 20.6 Å². The molecule has 0 aliphatic heterocycles. The number of aromatic nitrogens is 1. The lowest BCUT2D eigenvalue weighted by molar-refractivity contribution is -0.121. The Morgan fingerprint density at radius 3 is 2.41 bits per heavy atom. The largest absolute Gasteiger partial charge is 0.508 e. The molecule has 1 aliphatic carbocycles. The Morgan fingerprint density at radius 2 is 1.86 bits per heavy atom. The lowest BCUT2D eigenvalue weighted by Crippen LogP contribution is -2.42. The van der Waals surface area contributed by atoms with Gasteiger partial charge in [0.1, 0.15) is 17.4 Å². The lowest BCUT2D eigenvalue weighted by Gasteiger charge is -2.26. The smallest absolute Gasteiger partial charge is 0.220 e. The molecule has 5 nitrogen and oxygen atoms in total. The van der Waals surface area contributed by atoms with Gasteiger partial charge < -0.3 is 15.3 Å². The van der Waals surface area contributed by atoms with Crippen LogP contribution in [0.4, 0.5) is 8.78 Å². The highest BCUT2D eigenvalue weighted by molar-refractivity contribution is 5.77. The number of carbonyl (C=O) groups excluding carboxylic acids is 1. The Kier molecular flexibility index (Phi) is 6.79. The van der Waals surface area contributed by atoms with Gasteiger partial charge in [0, 0.05) is 49.1 Å². The van der Waals surface area contributed by atoms with E-state index in [2.05, 4.69) is 10.3 Å². The second-order valence-electron chi connectivity index (χ2n) is 7.94. The number of amides is 1. The number of rotatable bonds is 9. The van der Waals surface area contributed by atoms with Crippen LogP contribution in [-0.4, -0.2) is 47.6 Å². The van der Waals surface area contributed by atoms with Crippen LogP contribution >= 0.6 is 0 Å². The number of nitrogens with one attached hydrogen (secondary N) is 1. The zero-order chi connectivity index (χ0) is 21.0. The molecule has 29 heavy (non-hydrogen) atoms. The van der Waals surface area contributed by atoms with E-state index in [0.717, 1.165) is 30.5 Å². The number of benzene rings is 1. The van der Waals surface area contributed by atoms with E-state index in [1.165, 1.54) is 0 Å². The molecule has 156 valence electrons. The first-order valence-corrected chi connectivity index (χ1v) is 9.85. The maximum absolute atomic E-state index is 14.1. The molecular formula is C22H27F2N3O2. The molecule has 1 saturated carbocycles. The molecule has 2 aromatic rings. The summed E-state index contributed by atoms with van der Waals surface area (Å²) < 4.78 is 28.2. The van der Waals surface area contributed by atoms with Gasteiger partial charge in [0.15, 0.2) is 0 Å². The van der Waals surface area contributed by atoms with Gasteiger partial charge in [0.25, 0.3) is 0 Å². The average Bonchev–Trinajstić information content (AvgIpc) is 3.50. The number of pyridine rings is 1. The minimum atomic E-state index is -0.785. The number of hydrogen-bond donors (Lipinski definition) is 2. The summed E-state index contributed by atoms with van der Waals surface area (Å²) in [5.74, 6) is -1.40. The maximum atomic E-state index is 14.1. The van der Waals surface area contributed by atoms with Gasteiger partial charge in [-0.15, -0.1) is 0 Å². The summed E-state index contributed by atoms with van der Waals surface area (Å²) in [6, 6.07) is 5.43. The van der Waals surface area contributed by atoms with Crippen LogP contribution in [0.2, 0.25) is 0 Å². The molecule has 1 aliphatic rings. The SMILES string of the molecule is CN(C)C(CNC(=O)CC(c1ccncc1)C1CC1)Cc1c(F)cc(O)cc1F. The Labute approximate surface area is 169 Å². The first kappa shape index (κ1) is 21.2. The van der Waals surface area contributed by atoms with Crippen molar-refractivity contribution >= 4 is 5.91 Å². The normalized spacial score (nSPS) is 15.9. The van der Waals surface area contributed by atoms with Crippen LogP contribution in [0.3, 0.4) is 0 Å². The van der Waals surface area contributed by atoms with Gasteiger partial charge in [-0.3, -0.25) is 9.78 Å². The molecule has 1 aromatic carbocycles. The molecule has 3 rings (SSSR count). The number of phenols is 1. The van der Waals surface area contributed by atoms with Gasteiger partial charge in [0.05, 0.1) is 0 Å². The number of carbonyl (C=O) groups is 1. The van der Waals surface area contributed by atoms with Crippen molar-refractivity contribution in [2.45, 2.75) is 37.6 Å². The van der Waals surface area contributed by atoms with Crippen molar-refractivity contribution in [2.24, 2.45) is 5.92 Å². The van der Waals surface area contributed by atoms with Gasteiger partial charge in [-0.25, -0.2) is 8.78 Å². The Morgan fingerprint density at radius 1 is 1.24 bits per heavy atom. The van der Waals surface area contributed by atoms with Crippen LogP contribution in [0.1, 0.15) is 36.3 Å². The highest BCUT2D eigenvalue weighted by Gasteiger charge is 2.33. The Balaban J connectivity index is 1.61. The summed E-state index contributed by atoms with van der Waals surface area (Å²) >= 11 is 0. The fraction of sp³-hybridized carbons (Fsp3) is 0.455. The quantitative estimate of drug-likeness (QED) is 0.675. The van der Waals surface area contributed by atoms with E-state index in [9.17, 15) is 18.7 Å². The van der Waals surface area contributed by atoms with Crippen LogP contribution in [-0.2, 0) is 11.2 Å². The minimum absolute atomic E-state index is 0.0720. The van der Waals surface area contributed by atoms with E-state index >= 15 is 0 Å². The number of nitrogens with zero attached hydrogens (tertiary/aromatic N) is 2. The monoisotopic (exact) mass is 403 g/mol. The molecule has 1 aromatic heterocycles. The van der Waals surface area contributed by atoms with Crippen molar-refractivity contribution in [1.29, 1.82) is 0 Å². The van der Waals surface area contributed by atoms with Crippen molar-refractivity contribution in [3.8, 4) is 5.75 Å². The summed E-state index contributed by atoms with van der Waals surface area (Å²) in [5.41, 5.74) is 1.03. The van der Waals surface area contributed by atoms with E-state index in [0.29, 0.717) is 12.3 Å². The van der Waals surface area contributed by atoms with Crippen molar-refractivity contribution in [3.63, 3.8) is 0 Å². The number of halogens is 2. The van der Waals surface area contributed by atoms with Crippen molar-refractivity contribution < 1.29 is 18.7 Å². The summed E-state index contributed by atoms with van der Waals surface area (Å²) in [6.45, 7) is 0.277. The first-order chi connectivity index (χ1) is 13.8. The van der Waals surface area contributed by atoms with Crippen LogP contribution in [0.25, 0.3) is 0 Å². The third-order valence-corrected chi connectivity index (χ3v) is 5.56. The highest BCUT2D eigenvalue weighted by atomic mass is 19.1. The zero-order valence-electron chi connectivity index (χ0n) is 16.7. The summed E-state index contributed by atoms with van der Waals surface area (Å²) in [5, 5.41) is 12.2.